The van der Waals surface area contributed by atoms with Gasteiger partial charge in [-0.1, -0.05) is 59.3 Å². The first-order chi connectivity index (χ1) is 13.8. The van der Waals surface area contributed by atoms with Crippen LogP contribution in [-0.2, 0) is 6.54 Å². The number of benzene rings is 2. The van der Waals surface area contributed by atoms with Gasteiger partial charge in [-0.05, 0) is 12.1 Å². The molecule has 0 fully saturated rings. The molecule has 0 radical (unpaired) electrons. The lowest BCUT2D eigenvalue weighted by molar-refractivity contribution is -0.254. The number of hydrazone groups is 1. The van der Waals surface area contributed by atoms with Crippen molar-refractivity contribution in [2.45, 2.75) is 24.9 Å². The van der Waals surface area contributed by atoms with Gasteiger partial charge in [0.2, 0.25) is 0 Å². The molecule has 1 aliphatic rings. The van der Waals surface area contributed by atoms with Gasteiger partial charge in [-0.25, -0.2) is 9.69 Å². The fraction of sp³-hybridized carbons (Fsp3) is 0.211. The molecule has 0 aliphatic carbocycles. The summed E-state index contributed by atoms with van der Waals surface area (Å²) in [5.74, 6) is 0. The zero-order valence-electron chi connectivity index (χ0n) is 14.9. The summed E-state index contributed by atoms with van der Waals surface area (Å²) >= 11 is 6.04. The van der Waals surface area contributed by atoms with E-state index in [1.807, 2.05) is 30.3 Å². The Kier molecular flexibility index (Phi) is 4.79. The van der Waals surface area contributed by atoms with Crippen molar-refractivity contribution >= 4 is 23.0 Å². The van der Waals surface area contributed by atoms with Crippen LogP contribution in [-0.4, -0.2) is 37.7 Å². The number of halogens is 4. The van der Waals surface area contributed by atoms with Gasteiger partial charge in [-0.2, -0.15) is 18.3 Å². The molecule has 10 heteroatoms. The molecule has 0 amide bonds. The zero-order valence-corrected chi connectivity index (χ0v) is 15.6. The van der Waals surface area contributed by atoms with E-state index in [0.29, 0.717) is 10.7 Å². The predicted octanol–water partition coefficient (Wildman–Crippen LogP) is 4.12. The summed E-state index contributed by atoms with van der Waals surface area (Å²) in [6.07, 6.45) is -4.07. The first-order valence-electron chi connectivity index (χ1n) is 8.64. The molecule has 0 saturated heterocycles. The second kappa shape index (κ2) is 7.16. The summed E-state index contributed by atoms with van der Waals surface area (Å²) in [4.78, 5) is 0. The molecule has 150 valence electrons. The molecule has 1 atom stereocenters. The highest BCUT2D eigenvalue weighted by Crippen LogP contribution is 2.44. The van der Waals surface area contributed by atoms with Crippen molar-refractivity contribution in [3.05, 3.63) is 65.8 Å². The van der Waals surface area contributed by atoms with Crippen molar-refractivity contribution in [2.75, 3.05) is 5.01 Å². The summed E-state index contributed by atoms with van der Waals surface area (Å²) in [6, 6.07) is 15.2. The van der Waals surface area contributed by atoms with Crippen LogP contribution in [0, 0.1) is 0 Å². The Bertz CT molecular complexity index is 1050. The minimum absolute atomic E-state index is 0.0347. The maximum atomic E-state index is 13.7. The van der Waals surface area contributed by atoms with Crippen LogP contribution in [0.25, 0.3) is 11.3 Å². The largest absolute Gasteiger partial charge is 0.438 e. The third-order valence-electron chi connectivity index (χ3n) is 4.53. The molecule has 6 nitrogen and oxygen atoms in total. The SMILES string of the molecule is OC1(C(F)(F)F)CC(Cn2cc(-c3ccccc3)nn2)=NN1c1ccccc1Cl. The molecule has 1 aromatic heterocycles. The van der Waals surface area contributed by atoms with Gasteiger partial charge >= 0.3 is 6.18 Å². The molecule has 0 saturated carbocycles. The standard InChI is InChI=1S/C19H15ClF3N5O/c20-15-8-4-5-9-17(15)28-18(29,19(21,22)23)10-14(25-28)11-27-12-16(24-26-27)13-6-2-1-3-7-13/h1-9,12,29H,10-11H2. The minimum Gasteiger partial charge on any atom is -0.362 e. The smallest absolute Gasteiger partial charge is 0.362 e. The number of aromatic nitrogens is 3. The Morgan fingerprint density at radius 2 is 1.76 bits per heavy atom. The Morgan fingerprint density at radius 1 is 1.07 bits per heavy atom. The van der Waals surface area contributed by atoms with Crippen molar-refractivity contribution in [1.29, 1.82) is 0 Å². The van der Waals surface area contributed by atoms with E-state index in [-0.39, 0.29) is 23.0 Å². The van der Waals surface area contributed by atoms with E-state index in [1.54, 1.807) is 12.3 Å². The Morgan fingerprint density at radius 3 is 2.45 bits per heavy atom. The third kappa shape index (κ3) is 3.58. The van der Waals surface area contributed by atoms with Gasteiger partial charge in [0, 0.05) is 12.0 Å². The monoisotopic (exact) mass is 421 g/mol. The average molecular weight is 422 g/mol. The predicted molar refractivity (Wildman–Crippen MR) is 102 cm³/mol. The minimum atomic E-state index is -4.95. The number of rotatable bonds is 4. The molecular formula is C19H15ClF3N5O. The van der Waals surface area contributed by atoms with E-state index in [9.17, 15) is 18.3 Å². The van der Waals surface area contributed by atoms with Crippen LogP contribution in [0.4, 0.5) is 18.9 Å². The first kappa shape index (κ1) is 19.4. The molecule has 2 aromatic carbocycles. The summed E-state index contributed by atoms with van der Waals surface area (Å²) in [7, 11) is 0. The molecule has 1 N–H and O–H groups in total. The van der Waals surface area contributed by atoms with Crippen LogP contribution in [0.1, 0.15) is 6.42 Å². The van der Waals surface area contributed by atoms with Gasteiger partial charge in [-0.15, -0.1) is 5.10 Å². The topological polar surface area (TPSA) is 66.5 Å². The highest BCUT2D eigenvalue weighted by Gasteiger charge is 2.62. The lowest BCUT2D eigenvalue weighted by Gasteiger charge is -2.34. The van der Waals surface area contributed by atoms with Gasteiger partial charge in [0.05, 0.1) is 29.2 Å². The van der Waals surface area contributed by atoms with Crippen LogP contribution in [0.2, 0.25) is 5.02 Å². The van der Waals surface area contributed by atoms with Crippen LogP contribution < -0.4 is 5.01 Å². The highest BCUT2D eigenvalue weighted by atomic mass is 35.5. The van der Waals surface area contributed by atoms with Gasteiger partial charge < -0.3 is 5.11 Å². The molecule has 0 spiro atoms. The van der Waals surface area contributed by atoms with Crippen molar-refractivity contribution in [3.63, 3.8) is 0 Å². The summed E-state index contributed by atoms with van der Waals surface area (Å²) in [5, 5.41) is 23.1. The molecule has 3 aromatic rings. The van der Waals surface area contributed by atoms with Crippen molar-refractivity contribution in [3.8, 4) is 11.3 Å². The van der Waals surface area contributed by atoms with Crippen LogP contribution >= 0.6 is 11.6 Å². The quantitative estimate of drug-likeness (QED) is 0.688. The van der Waals surface area contributed by atoms with E-state index in [0.717, 1.165) is 5.56 Å². The van der Waals surface area contributed by atoms with Crippen LogP contribution in [0.15, 0.2) is 65.9 Å². The first-order valence-corrected chi connectivity index (χ1v) is 9.01. The number of para-hydroxylation sites is 1. The summed E-state index contributed by atoms with van der Waals surface area (Å²) < 4.78 is 42.5. The van der Waals surface area contributed by atoms with E-state index < -0.39 is 18.3 Å². The fourth-order valence-electron chi connectivity index (χ4n) is 3.11. The maximum absolute atomic E-state index is 13.7. The number of anilines is 1. The van der Waals surface area contributed by atoms with E-state index in [4.69, 9.17) is 11.6 Å². The van der Waals surface area contributed by atoms with Crippen molar-refractivity contribution < 1.29 is 18.3 Å². The molecule has 29 heavy (non-hydrogen) atoms. The zero-order chi connectivity index (χ0) is 20.6. The number of hydrogen-bond acceptors (Lipinski definition) is 5. The Balaban J connectivity index is 1.64. The number of aliphatic hydroxyl groups is 1. The molecule has 1 aliphatic heterocycles. The lowest BCUT2D eigenvalue weighted by atomic mass is 10.1. The van der Waals surface area contributed by atoms with Crippen molar-refractivity contribution in [1.82, 2.24) is 15.0 Å². The maximum Gasteiger partial charge on any atom is 0.438 e. The van der Waals surface area contributed by atoms with Crippen LogP contribution in [0.3, 0.4) is 0 Å². The van der Waals surface area contributed by atoms with Gasteiger partial charge in [0.25, 0.3) is 5.72 Å². The van der Waals surface area contributed by atoms with E-state index in [1.165, 1.54) is 22.9 Å². The number of nitrogens with zero attached hydrogens (tertiary/aromatic N) is 5. The summed E-state index contributed by atoms with van der Waals surface area (Å²) in [5.41, 5.74) is -1.73. The Labute approximate surface area is 168 Å². The Hall–Kier alpha value is -2.91. The van der Waals surface area contributed by atoms with Crippen LogP contribution in [0.5, 0.6) is 0 Å². The van der Waals surface area contributed by atoms with Crippen molar-refractivity contribution in [2.24, 2.45) is 5.10 Å². The van der Waals surface area contributed by atoms with Gasteiger partial charge in [0.1, 0.15) is 5.69 Å². The second-order valence-electron chi connectivity index (χ2n) is 6.59. The second-order valence-corrected chi connectivity index (χ2v) is 7.00. The van der Waals surface area contributed by atoms with Gasteiger partial charge in [-0.3, -0.25) is 0 Å². The number of hydrogen-bond donors (Lipinski definition) is 1. The summed E-state index contributed by atoms with van der Waals surface area (Å²) in [6.45, 7) is -0.0564. The number of alkyl halides is 3. The molecule has 1 unspecified atom stereocenters. The highest BCUT2D eigenvalue weighted by molar-refractivity contribution is 6.33. The molecular weight excluding hydrogens is 407 g/mol. The molecule has 2 heterocycles. The molecule has 0 bridgehead atoms. The fourth-order valence-corrected chi connectivity index (χ4v) is 3.32. The van der Waals surface area contributed by atoms with E-state index in [2.05, 4.69) is 15.4 Å². The van der Waals surface area contributed by atoms with E-state index >= 15 is 0 Å². The average Bonchev–Trinajstić information content (AvgIpc) is 3.28. The normalized spacial score (nSPS) is 19.5. The molecule has 4 rings (SSSR count). The lowest BCUT2D eigenvalue weighted by Crippen LogP contribution is -2.55. The van der Waals surface area contributed by atoms with Gasteiger partial charge in [0.15, 0.2) is 0 Å². The third-order valence-corrected chi connectivity index (χ3v) is 4.85.